The Labute approximate surface area is 213 Å². The second-order valence-corrected chi connectivity index (χ2v) is 8.43. The fourth-order valence-electron chi connectivity index (χ4n) is 4.37. The van der Waals surface area contributed by atoms with Crippen molar-refractivity contribution in [1.82, 2.24) is 25.2 Å². The molecule has 1 saturated heterocycles. The highest BCUT2D eigenvalue weighted by Gasteiger charge is 2.21. The second-order valence-electron chi connectivity index (χ2n) is 8.43. The van der Waals surface area contributed by atoms with E-state index in [0.29, 0.717) is 13.0 Å². The summed E-state index contributed by atoms with van der Waals surface area (Å²) in [7, 11) is 0. The van der Waals surface area contributed by atoms with Crippen molar-refractivity contribution < 1.29 is 9.32 Å². The zero-order valence-corrected chi connectivity index (χ0v) is 21.7. The smallest absolute Gasteiger partial charge is 0.222 e. The van der Waals surface area contributed by atoms with Crippen molar-refractivity contribution in [3.05, 3.63) is 53.4 Å². The standard InChI is InChI=1S/C24H34N6O2.HI/c1-2-25-24(29-15-13-28(14-16-29)19-22-10-17-32-27-22)26-11-5-8-23(31)30-12-9-20-6-3-4-7-21(20)18-30;/h3-4,6-7,10,17H,2,5,8-9,11-16,18-19H2,1H3,(H,25,26);1H. The third-order valence-electron chi connectivity index (χ3n) is 6.18. The maximum atomic E-state index is 12.7. The SMILES string of the molecule is CCNC(=NCCCC(=O)N1CCc2ccccc2C1)N1CCN(Cc2ccon2)CC1.I. The lowest BCUT2D eigenvalue weighted by Gasteiger charge is -2.36. The fourth-order valence-corrected chi connectivity index (χ4v) is 4.37. The Balaban J connectivity index is 0.00000306. The van der Waals surface area contributed by atoms with E-state index in [-0.39, 0.29) is 29.9 Å². The number of carbonyl (C=O) groups is 1. The molecule has 1 amide bonds. The highest BCUT2D eigenvalue weighted by atomic mass is 127. The van der Waals surface area contributed by atoms with E-state index in [9.17, 15) is 4.79 Å². The van der Waals surface area contributed by atoms with Crippen LogP contribution in [0.25, 0.3) is 0 Å². The minimum atomic E-state index is 0. The Bertz CT molecular complexity index is 896. The van der Waals surface area contributed by atoms with Gasteiger partial charge in [-0.15, -0.1) is 24.0 Å². The minimum absolute atomic E-state index is 0. The van der Waals surface area contributed by atoms with E-state index < -0.39 is 0 Å². The molecule has 1 fully saturated rings. The number of benzene rings is 1. The topological polar surface area (TPSA) is 77.2 Å². The number of nitrogens with one attached hydrogen (secondary N) is 1. The maximum absolute atomic E-state index is 12.7. The van der Waals surface area contributed by atoms with Gasteiger partial charge in [-0.3, -0.25) is 14.7 Å². The summed E-state index contributed by atoms with van der Waals surface area (Å²) in [5, 5.41) is 7.42. The molecule has 2 aliphatic rings. The molecule has 180 valence electrons. The van der Waals surface area contributed by atoms with Gasteiger partial charge in [-0.05, 0) is 30.9 Å². The van der Waals surface area contributed by atoms with Crippen molar-refractivity contribution in [2.24, 2.45) is 4.99 Å². The summed E-state index contributed by atoms with van der Waals surface area (Å²) < 4.78 is 4.93. The number of guanidine groups is 1. The molecular formula is C24H35IN6O2. The lowest BCUT2D eigenvalue weighted by molar-refractivity contribution is -0.132. The van der Waals surface area contributed by atoms with Gasteiger partial charge < -0.3 is 19.6 Å². The predicted octanol–water partition coefficient (Wildman–Crippen LogP) is 2.74. The van der Waals surface area contributed by atoms with Crippen molar-refractivity contribution in [3.63, 3.8) is 0 Å². The van der Waals surface area contributed by atoms with Crippen molar-refractivity contribution in [2.45, 2.75) is 39.3 Å². The first kappa shape index (κ1) is 25.5. The Morgan fingerprint density at radius 2 is 1.88 bits per heavy atom. The van der Waals surface area contributed by atoms with Crippen molar-refractivity contribution in [2.75, 3.05) is 45.8 Å². The van der Waals surface area contributed by atoms with Crippen LogP contribution in [0.4, 0.5) is 0 Å². The van der Waals surface area contributed by atoms with E-state index in [0.717, 1.165) is 76.9 Å². The van der Waals surface area contributed by atoms with Gasteiger partial charge in [0.05, 0.1) is 5.69 Å². The van der Waals surface area contributed by atoms with Crippen molar-refractivity contribution in [1.29, 1.82) is 0 Å². The molecule has 0 atom stereocenters. The number of halogens is 1. The molecule has 1 N–H and O–H groups in total. The van der Waals surface area contributed by atoms with Gasteiger partial charge in [-0.1, -0.05) is 29.4 Å². The van der Waals surface area contributed by atoms with Crippen LogP contribution in [0.2, 0.25) is 0 Å². The van der Waals surface area contributed by atoms with Gasteiger partial charge in [0.2, 0.25) is 5.91 Å². The minimum Gasteiger partial charge on any atom is -0.364 e. The lowest BCUT2D eigenvalue weighted by atomic mass is 9.99. The molecule has 0 saturated carbocycles. The highest BCUT2D eigenvalue weighted by Crippen LogP contribution is 2.19. The Morgan fingerprint density at radius 3 is 2.61 bits per heavy atom. The molecule has 2 aliphatic heterocycles. The number of rotatable bonds is 7. The largest absolute Gasteiger partial charge is 0.364 e. The van der Waals surface area contributed by atoms with Crippen LogP contribution < -0.4 is 5.32 Å². The van der Waals surface area contributed by atoms with Crippen LogP contribution in [-0.2, 0) is 24.3 Å². The van der Waals surface area contributed by atoms with Gasteiger partial charge in [0, 0.05) is 71.4 Å². The zero-order chi connectivity index (χ0) is 22.2. The van der Waals surface area contributed by atoms with Crippen molar-refractivity contribution in [3.8, 4) is 0 Å². The number of aromatic nitrogens is 1. The van der Waals surface area contributed by atoms with Crippen LogP contribution in [0.1, 0.15) is 36.6 Å². The van der Waals surface area contributed by atoms with Crippen LogP contribution >= 0.6 is 24.0 Å². The molecule has 0 aliphatic carbocycles. The number of carbonyl (C=O) groups excluding carboxylic acids is 1. The first-order valence-corrected chi connectivity index (χ1v) is 11.7. The van der Waals surface area contributed by atoms with Gasteiger partial charge >= 0.3 is 0 Å². The molecule has 1 aromatic carbocycles. The molecule has 3 heterocycles. The predicted molar refractivity (Wildman–Crippen MR) is 140 cm³/mol. The van der Waals surface area contributed by atoms with E-state index >= 15 is 0 Å². The average molecular weight is 566 g/mol. The summed E-state index contributed by atoms with van der Waals surface area (Å²) in [4.78, 5) is 24.2. The van der Waals surface area contributed by atoms with Crippen LogP contribution in [0.15, 0.2) is 46.1 Å². The fraction of sp³-hybridized carbons (Fsp3) is 0.542. The number of hydrogen-bond donors (Lipinski definition) is 1. The number of amides is 1. The molecule has 0 unspecified atom stereocenters. The van der Waals surface area contributed by atoms with Crippen LogP contribution in [-0.4, -0.2) is 77.5 Å². The molecule has 8 nitrogen and oxygen atoms in total. The van der Waals surface area contributed by atoms with Gasteiger partial charge in [0.15, 0.2) is 5.96 Å². The molecule has 9 heteroatoms. The zero-order valence-electron chi connectivity index (χ0n) is 19.4. The third kappa shape index (κ3) is 7.17. The van der Waals surface area contributed by atoms with Crippen molar-refractivity contribution >= 4 is 35.8 Å². The van der Waals surface area contributed by atoms with E-state index in [4.69, 9.17) is 9.52 Å². The molecule has 1 aromatic heterocycles. The van der Waals surface area contributed by atoms with E-state index in [2.05, 4.69) is 51.5 Å². The van der Waals surface area contributed by atoms with E-state index in [1.165, 1.54) is 11.1 Å². The molecule has 0 spiro atoms. The quantitative estimate of drug-likeness (QED) is 0.241. The Morgan fingerprint density at radius 1 is 1.09 bits per heavy atom. The highest BCUT2D eigenvalue weighted by molar-refractivity contribution is 14.0. The monoisotopic (exact) mass is 566 g/mol. The van der Waals surface area contributed by atoms with Crippen LogP contribution in [0.3, 0.4) is 0 Å². The molecular weight excluding hydrogens is 531 g/mol. The third-order valence-corrected chi connectivity index (χ3v) is 6.18. The summed E-state index contributed by atoms with van der Waals surface area (Å²) in [5.41, 5.74) is 3.63. The summed E-state index contributed by atoms with van der Waals surface area (Å²) in [6.07, 6.45) is 3.90. The average Bonchev–Trinajstić information content (AvgIpc) is 3.34. The second kappa shape index (κ2) is 12.9. The number of fused-ring (bicyclic) bond motifs is 1. The maximum Gasteiger partial charge on any atom is 0.222 e. The number of piperazine rings is 1. The molecule has 0 radical (unpaired) electrons. The van der Waals surface area contributed by atoms with Crippen LogP contribution in [0.5, 0.6) is 0 Å². The number of aliphatic imine (C=N–C) groups is 1. The normalized spacial score (nSPS) is 16.8. The first-order chi connectivity index (χ1) is 15.7. The molecule has 4 rings (SSSR count). The van der Waals surface area contributed by atoms with Crippen LogP contribution in [0, 0.1) is 0 Å². The number of nitrogens with zero attached hydrogens (tertiary/aromatic N) is 5. The van der Waals surface area contributed by atoms with E-state index in [1.54, 1.807) is 6.26 Å². The van der Waals surface area contributed by atoms with E-state index in [1.807, 2.05) is 11.0 Å². The first-order valence-electron chi connectivity index (χ1n) is 11.7. The van der Waals surface area contributed by atoms with Gasteiger partial charge in [-0.25, -0.2) is 0 Å². The summed E-state index contributed by atoms with van der Waals surface area (Å²) in [5.74, 6) is 1.19. The molecule has 0 bridgehead atoms. The lowest BCUT2D eigenvalue weighted by Crippen LogP contribution is -2.52. The Hall–Kier alpha value is -2.14. The van der Waals surface area contributed by atoms with Gasteiger partial charge in [0.1, 0.15) is 6.26 Å². The summed E-state index contributed by atoms with van der Waals surface area (Å²) in [6.45, 7) is 9.75. The molecule has 33 heavy (non-hydrogen) atoms. The van der Waals surface area contributed by atoms with Gasteiger partial charge in [-0.2, -0.15) is 0 Å². The summed E-state index contributed by atoms with van der Waals surface area (Å²) >= 11 is 0. The number of hydrogen-bond acceptors (Lipinski definition) is 5. The van der Waals surface area contributed by atoms with Gasteiger partial charge in [0.25, 0.3) is 0 Å². The molecule has 2 aromatic rings. The Kier molecular flexibility index (Phi) is 9.98. The summed E-state index contributed by atoms with van der Waals surface area (Å²) in [6, 6.07) is 10.3.